The van der Waals surface area contributed by atoms with Crippen molar-refractivity contribution in [3.05, 3.63) is 51.0 Å². The average Bonchev–Trinajstić information content (AvgIpc) is 3.02. The topological polar surface area (TPSA) is 59.4 Å². The van der Waals surface area contributed by atoms with Crippen molar-refractivity contribution in [2.75, 3.05) is 7.11 Å². The third-order valence-corrected chi connectivity index (χ3v) is 4.82. The first-order valence-electron chi connectivity index (χ1n) is 6.50. The Kier molecular flexibility index (Phi) is 3.54. The van der Waals surface area contributed by atoms with Crippen LogP contribution in [0.5, 0.6) is 0 Å². The number of aromatic nitrogens is 1. The van der Waals surface area contributed by atoms with Crippen LogP contribution >= 0.6 is 11.3 Å². The van der Waals surface area contributed by atoms with Crippen molar-refractivity contribution in [2.24, 2.45) is 0 Å². The number of aryl methyl sites for hydroxylation is 1. The number of carboxylic acids is 1. The zero-order valence-corrected chi connectivity index (χ0v) is 11.9. The highest BCUT2D eigenvalue weighted by Gasteiger charge is 2.28. The van der Waals surface area contributed by atoms with Crippen LogP contribution in [0.2, 0.25) is 0 Å². The summed E-state index contributed by atoms with van der Waals surface area (Å²) < 4.78 is 5.04. The summed E-state index contributed by atoms with van der Waals surface area (Å²) in [6.07, 6.45) is 2.03. The fourth-order valence-corrected chi connectivity index (χ4v) is 3.80. The summed E-state index contributed by atoms with van der Waals surface area (Å²) in [5, 5.41) is 10.1. The number of methoxy groups -OCH3 is 1. The summed E-state index contributed by atoms with van der Waals surface area (Å²) >= 11 is 1.28. The number of rotatable bonds is 4. The summed E-state index contributed by atoms with van der Waals surface area (Å²) in [6, 6.07) is 8.32. The molecule has 0 saturated heterocycles. The van der Waals surface area contributed by atoms with Crippen molar-refractivity contribution in [1.29, 1.82) is 0 Å². The predicted molar refractivity (Wildman–Crippen MR) is 76.4 cm³/mol. The molecule has 0 amide bonds. The van der Waals surface area contributed by atoms with Gasteiger partial charge in [-0.15, -0.1) is 11.3 Å². The number of benzene rings is 1. The number of hydrogen-bond donors (Lipinski definition) is 1. The fourth-order valence-electron chi connectivity index (χ4n) is 2.73. The largest absolute Gasteiger partial charge is 0.477 e. The van der Waals surface area contributed by atoms with Gasteiger partial charge in [-0.1, -0.05) is 24.3 Å². The molecular weight excluding hydrogens is 274 g/mol. The lowest BCUT2D eigenvalue weighted by atomic mass is 10.0. The second kappa shape index (κ2) is 5.34. The molecule has 1 aromatic carbocycles. The number of carbonyl (C=O) groups is 1. The Balaban J connectivity index is 2.00. The number of ether oxygens (including phenoxy) is 1. The molecule has 0 aliphatic heterocycles. The average molecular weight is 289 g/mol. The molecule has 1 unspecified atom stereocenters. The zero-order valence-electron chi connectivity index (χ0n) is 11.1. The maximum Gasteiger partial charge on any atom is 0.347 e. The molecule has 4 nitrogen and oxygen atoms in total. The van der Waals surface area contributed by atoms with Crippen LogP contribution < -0.4 is 0 Å². The molecule has 1 aromatic heterocycles. The number of fused-ring (bicyclic) bond motifs is 1. The molecular formula is C15H15NO3S. The molecule has 1 aliphatic rings. The van der Waals surface area contributed by atoms with Crippen LogP contribution in [0.3, 0.4) is 0 Å². The van der Waals surface area contributed by atoms with Gasteiger partial charge in [0.2, 0.25) is 0 Å². The molecule has 5 heteroatoms. The van der Waals surface area contributed by atoms with Crippen molar-refractivity contribution in [3.8, 4) is 0 Å². The van der Waals surface area contributed by atoms with Crippen LogP contribution in [0.1, 0.15) is 43.8 Å². The van der Waals surface area contributed by atoms with Crippen LogP contribution in [-0.2, 0) is 17.8 Å². The Labute approximate surface area is 121 Å². The van der Waals surface area contributed by atoms with E-state index in [0.717, 1.165) is 17.8 Å². The Morgan fingerprint density at radius 3 is 3.05 bits per heavy atom. The third kappa shape index (κ3) is 2.23. The summed E-state index contributed by atoms with van der Waals surface area (Å²) in [6.45, 7) is 0.243. The Hall–Kier alpha value is -1.72. The van der Waals surface area contributed by atoms with Gasteiger partial charge in [-0.25, -0.2) is 9.78 Å². The predicted octanol–water partition coefficient (Wildman–Crippen LogP) is 3.07. The molecule has 0 bridgehead atoms. The lowest BCUT2D eigenvalue weighted by Gasteiger charge is -2.07. The fraction of sp³-hybridized carbons (Fsp3) is 0.333. The van der Waals surface area contributed by atoms with Gasteiger partial charge in [-0.3, -0.25) is 0 Å². The molecule has 2 aromatic rings. The van der Waals surface area contributed by atoms with Crippen LogP contribution in [-0.4, -0.2) is 23.2 Å². The normalized spacial score (nSPS) is 17.1. The standard InChI is InChI=1S/C15H15NO3S/c1-19-8-12-13(15(17)18)20-14(16-12)11-7-6-9-4-2-3-5-10(9)11/h2-5,11H,6-8H2,1H3,(H,17,18). The van der Waals surface area contributed by atoms with Gasteiger partial charge in [0.15, 0.2) is 0 Å². The minimum absolute atomic E-state index is 0.222. The first-order valence-corrected chi connectivity index (χ1v) is 7.32. The van der Waals surface area contributed by atoms with E-state index in [1.807, 2.05) is 12.1 Å². The number of carboxylic acid groups (broad SMARTS) is 1. The van der Waals surface area contributed by atoms with Crippen molar-refractivity contribution < 1.29 is 14.6 Å². The van der Waals surface area contributed by atoms with Gasteiger partial charge in [0.1, 0.15) is 9.88 Å². The monoisotopic (exact) mass is 289 g/mol. The van der Waals surface area contributed by atoms with E-state index < -0.39 is 5.97 Å². The molecule has 0 spiro atoms. The SMILES string of the molecule is COCc1nc(C2CCc3ccccc32)sc1C(=O)O. The second-order valence-corrected chi connectivity index (χ2v) is 5.89. The minimum atomic E-state index is -0.924. The van der Waals surface area contributed by atoms with Crippen molar-refractivity contribution in [3.63, 3.8) is 0 Å². The third-order valence-electron chi connectivity index (χ3n) is 3.62. The van der Waals surface area contributed by atoms with Gasteiger partial charge in [0.25, 0.3) is 0 Å². The molecule has 1 heterocycles. The molecule has 1 aliphatic carbocycles. The van der Waals surface area contributed by atoms with Crippen LogP contribution in [0.15, 0.2) is 24.3 Å². The first kappa shape index (κ1) is 13.3. The number of hydrogen-bond acceptors (Lipinski definition) is 4. The number of thiazole rings is 1. The Bertz CT molecular complexity index is 650. The van der Waals surface area contributed by atoms with Crippen molar-refractivity contribution >= 4 is 17.3 Å². The van der Waals surface area contributed by atoms with Crippen molar-refractivity contribution in [1.82, 2.24) is 4.98 Å². The highest BCUT2D eigenvalue weighted by Crippen LogP contribution is 2.40. The summed E-state index contributed by atoms with van der Waals surface area (Å²) in [4.78, 5) is 16.1. The lowest BCUT2D eigenvalue weighted by molar-refractivity contribution is 0.0697. The van der Waals surface area contributed by atoms with E-state index in [2.05, 4.69) is 17.1 Å². The zero-order chi connectivity index (χ0) is 14.1. The van der Waals surface area contributed by atoms with E-state index in [0.29, 0.717) is 10.6 Å². The number of nitrogens with zero attached hydrogens (tertiary/aromatic N) is 1. The Morgan fingerprint density at radius 1 is 1.50 bits per heavy atom. The van der Waals surface area contributed by atoms with Crippen LogP contribution in [0.25, 0.3) is 0 Å². The van der Waals surface area contributed by atoms with Gasteiger partial charge in [0, 0.05) is 13.0 Å². The Morgan fingerprint density at radius 2 is 2.30 bits per heavy atom. The van der Waals surface area contributed by atoms with E-state index in [1.165, 1.54) is 22.5 Å². The van der Waals surface area contributed by atoms with Gasteiger partial charge >= 0.3 is 5.97 Å². The molecule has 3 rings (SSSR count). The molecule has 1 atom stereocenters. The van der Waals surface area contributed by atoms with E-state index in [1.54, 1.807) is 7.11 Å². The first-order chi connectivity index (χ1) is 9.70. The highest BCUT2D eigenvalue weighted by atomic mass is 32.1. The summed E-state index contributed by atoms with van der Waals surface area (Å²) in [5.74, 6) is -0.702. The van der Waals surface area contributed by atoms with E-state index in [-0.39, 0.29) is 12.5 Å². The maximum atomic E-state index is 11.3. The van der Waals surface area contributed by atoms with Gasteiger partial charge in [0.05, 0.1) is 12.3 Å². The molecule has 104 valence electrons. The molecule has 0 saturated carbocycles. The summed E-state index contributed by atoms with van der Waals surface area (Å²) in [7, 11) is 1.55. The molecule has 20 heavy (non-hydrogen) atoms. The van der Waals surface area contributed by atoms with Gasteiger partial charge < -0.3 is 9.84 Å². The lowest BCUT2D eigenvalue weighted by Crippen LogP contribution is -2.00. The van der Waals surface area contributed by atoms with Gasteiger partial charge in [-0.05, 0) is 24.0 Å². The van der Waals surface area contributed by atoms with E-state index in [9.17, 15) is 9.90 Å². The second-order valence-electron chi connectivity index (χ2n) is 4.86. The van der Waals surface area contributed by atoms with Gasteiger partial charge in [-0.2, -0.15) is 0 Å². The molecule has 1 N–H and O–H groups in total. The van der Waals surface area contributed by atoms with E-state index >= 15 is 0 Å². The van der Waals surface area contributed by atoms with Crippen LogP contribution in [0.4, 0.5) is 0 Å². The number of aromatic carboxylic acids is 1. The molecule has 0 radical (unpaired) electrons. The quantitative estimate of drug-likeness (QED) is 0.939. The van der Waals surface area contributed by atoms with E-state index in [4.69, 9.17) is 4.74 Å². The van der Waals surface area contributed by atoms with Crippen molar-refractivity contribution in [2.45, 2.75) is 25.4 Å². The smallest absolute Gasteiger partial charge is 0.347 e. The minimum Gasteiger partial charge on any atom is -0.477 e. The highest BCUT2D eigenvalue weighted by molar-refractivity contribution is 7.13. The van der Waals surface area contributed by atoms with Crippen LogP contribution in [0, 0.1) is 0 Å². The molecule has 0 fully saturated rings. The summed E-state index contributed by atoms with van der Waals surface area (Å²) in [5.41, 5.74) is 3.16. The maximum absolute atomic E-state index is 11.3.